The number of hydrogen-bond acceptors (Lipinski definition) is 5. The second-order valence-electron chi connectivity index (χ2n) is 7.50. The highest BCUT2D eigenvalue weighted by atomic mass is 35.5. The van der Waals surface area contributed by atoms with Crippen LogP contribution in [0.2, 0.25) is 10.3 Å². The normalized spacial score (nSPS) is 17.5. The van der Waals surface area contributed by atoms with Crippen LogP contribution in [-0.2, 0) is 13.6 Å². The first-order valence-corrected chi connectivity index (χ1v) is 10.3. The number of alkyl halides is 3. The Kier molecular flexibility index (Phi) is 5.89. The molecule has 3 aromatic rings. The van der Waals surface area contributed by atoms with Gasteiger partial charge in [-0.15, -0.1) is 0 Å². The molecular formula is C19H19Cl2F3N6O. The number of nitrogens with zero attached hydrogens (tertiary/aromatic N) is 5. The molecule has 166 valence electrons. The maximum atomic E-state index is 12.9. The molecule has 1 aliphatic rings. The van der Waals surface area contributed by atoms with E-state index in [-0.39, 0.29) is 28.6 Å². The van der Waals surface area contributed by atoms with E-state index in [1.165, 1.54) is 20.2 Å². The third-order valence-corrected chi connectivity index (χ3v) is 5.86. The van der Waals surface area contributed by atoms with Crippen molar-refractivity contribution >= 4 is 45.7 Å². The number of hydrogen-bond donors (Lipinski definition) is 1. The number of fused-ring (bicyclic) bond motifs is 1. The highest BCUT2D eigenvalue weighted by Crippen LogP contribution is 2.28. The van der Waals surface area contributed by atoms with Crippen molar-refractivity contribution in [1.29, 1.82) is 0 Å². The van der Waals surface area contributed by atoms with Gasteiger partial charge >= 0.3 is 11.9 Å². The van der Waals surface area contributed by atoms with Crippen LogP contribution in [0.4, 0.5) is 24.7 Å². The molecule has 3 heterocycles. The van der Waals surface area contributed by atoms with Crippen molar-refractivity contribution in [2.24, 2.45) is 7.05 Å². The van der Waals surface area contributed by atoms with Gasteiger partial charge in [0.2, 0.25) is 5.28 Å². The lowest BCUT2D eigenvalue weighted by Gasteiger charge is -2.25. The fourth-order valence-corrected chi connectivity index (χ4v) is 4.26. The summed E-state index contributed by atoms with van der Waals surface area (Å²) in [6.45, 7) is -0.434. The van der Waals surface area contributed by atoms with Gasteiger partial charge in [0, 0.05) is 25.3 Å². The molecule has 1 saturated heterocycles. The average molecular weight is 475 g/mol. The van der Waals surface area contributed by atoms with Gasteiger partial charge in [-0.05, 0) is 49.2 Å². The Morgan fingerprint density at radius 3 is 2.77 bits per heavy atom. The molecule has 0 aliphatic carbocycles. The van der Waals surface area contributed by atoms with Crippen LogP contribution in [0, 0.1) is 0 Å². The Balaban J connectivity index is 1.67. The van der Waals surface area contributed by atoms with E-state index in [0.29, 0.717) is 41.9 Å². The predicted molar refractivity (Wildman–Crippen MR) is 113 cm³/mol. The van der Waals surface area contributed by atoms with Gasteiger partial charge in [0.15, 0.2) is 5.82 Å². The maximum absolute atomic E-state index is 12.9. The lowest BCUT2D eigenvalue weighted by molar-refractivity contribution is -0.148. The summed E-state index contributed by atoms with van der Waals surface area (Å²) in [6, 6.07) is 4.89. The van der Waals surface area contributed by atoms with Crippen LogP contribution in [0.3, 0.4) is 0 Å². The van der Waals surface area contributed by atoms with Crippen LogP contribution in [0.15, 0.2) is 29.2 Å². The Morgan fingerprint density at radius 1 is 1.26 bits per heavy atom. The van der Waals surface area contributed by atoms with Gasteiger partial charge in [0.25, 0.3) is 0 Å². The highest BCUT2D eigenvalue weighted by molar-refractivity contribution is 6.33. The largest absolute Gasteiger partial charge is 0.401 e. The summed E-state index contributed by atoms with van der Waals surface area (Å²) in [6.07, 6.45) is -1.64. The molecule has 0 unspecified atom stereocenters. The van der Waals surface area contributed by atoms with E-state index in [2.05, 4.69) is 15.3 Å². The topological polar surface area (TPSA) is 68.0 Å². The average Bonchev–Trinajstić information content (AvgIpc) is 3.21. The standard InChI is InChI=1S/C19H19Cl2F3N6O/c1-28-14-5-4-11(26-16-13(20)8-25-17(21)27-16)7-15(14)30(18(28)31)9-12-3-2-6-29(12)10-19(22,23)24/h4-5,7-8,12H,2-3,6,9-10H2,1H3,(H,25,26,27)/t12-/m0/s1. The highest BCUT2D eigenvalue weighted by Gasteiger charge is 2.36. The molecule has 1 atom stereocenters. The first kappa shape index (κ1) is 21.9. The summed E-state index contributed by atoms with van der Waals surface area (Å²) in [5.74, 6) is 0.304. The van der Waals surface area contributed by atoms with Crippen molar-refractivity contribution in [2.75, 3.05) is 18.4 Å². The summed E-state index contributed by atoms with van der Waals surface area (Å²) >= 11 is 11.9. The molecule has 31 heavy (non-hydrogen) atoms. The van der Waals surface area contributed by atoms with Gasteiger partial charge < -0.3 is 5.32 Å². The zero-order valence-corrected chi connectivity index (χ0v) is 18.0. The van der Waals surface area contributed by atoms with E-state index in [4.69, 9.17) is 23.2 Å². The zero-order chi connectivity index (χ0) is 22.3. The molecule has 1 aliphatic heterocycles. The van der Waals surface area contributed by atoms with E-state index in [9.17, 15) is 18.0 Å². The number of likely N-dealkylation sites (tertiary alicyclic amines) is 1. The van der Waals surface area contributed by atoms with Gasteiger partial charge in [0.1, 0.15) is 5.02 Å². The second kappa shape index (κ2) is 8.33. The monoisotopic (exact) mass is 474 g/mol. The van der Waals surface area contributed by atoms with Crippen LogP contribution in [-0.4, -0.2) is 49.3 Å². The minimum atomic E-state index is -4.28. The number of aryl methyl sites for hydroxylation is 1. The molecule has 12 heteroatoms. The SMILES string of the molecule is Cn1c(=O)n(C[C@@H]2CCCN2CC(F)(F)F)c2cc(Nc3nc(Cl)ncc3Cl)ccc21. The number of anilines is 2. The van der Waals surface area contributed by atoms with E-state index in [1.807, 2.05) is 0 Å². The minimum absolute atomic E-state index is 0.0237. The smallest absolute Gasteiger partial charge is 0.339 e. The second-order valence-corrected chi connectivity index (χ2v) is 8.24. The number of benzene rings is 1. The molecule has 1 N–H and O–H groups in total. The molecule has 0 radical (unpaired) electrons. The quantitative estimate of drug-likeness (QED) is 0.561. The zero-order valence-electron chi connectivity index (χ0n) is 16.5. The van der Waals surface area contributed by atoms with E-state index >= 15 is 0 Å². The molecule has 1 aromatic carbocycles. The van der Waals surface area contributed by atoms with Crippen LogP contribution in [0.1, 0.15) is 12.8 Å². The minimum Gasteiger partial charge on any atom is -0.339 e. The summed E-state index contributed by atoms with van der Waals surface area (Å²) < 4.78 is 41.8. The number of rotatable bonds is 5. The molecule has 7 nitrogen and oxygen atoms in total. The van der Waals surface area contributed by atoms with Crippen LogP contribution >= 0.6 is 23.2 Å². The van der Waals surface area contributed by atoms with Gasteiger partial charge in [-0.25, -0.2) is 9.78 Å². The molecule has 2 aromatic heterocycles. The first-order valence-electron chi connectivity index (χ1n) is 9.57. The lowest BCUT2D eigenvalue weighted by Crippen LogP contribution is -2.41. The molecule has 0 amide bonds. The van der Waals surface area contributed by atoms with E-state index in [0.717, 1.165) is 0 Å². The van der Waals surface area contributed by atoms with Gasteiger partial charge in [-0.1, -0.05) is 11.6 Å². The molecule has 0 bridgehead atoms. The van der Waals surface area contributed by atoms with Crippen LogP contribution < -0.4 is 11.0 Å². The number of halogens is 5. The van der Waals surface area contributed by atoms with Crippen molar-refractivity contribution < 1.29 is 13.2 Å². The summed E-state index contributed by atoms with van der Waals surface area (Å²) in [4.78, 5) is 22.1. The Bertz CT molecular complexity index is 1180. The van der Waals surface area contributed by atoms with Crippen molar-refractivity contribution in [3.63, 3.8) is 0 Å². The third kappa shape index (κ3) is 4.65. The van der Waals surface area contributed by atoms with Gasteiger partial charge in [0.05, 0.1) is 23.8 Å². The Hall–Kier alpha value is -2.30. The molecule has 0 saturated carbocycles. The summed E-state index contributed by atoms with van der Waals surface area (Å²) in [7, 11) is 1.64. The Labute approximate surface area is 185 Å². The van der Waals surface area contributed by atoms with Crippen LogP contribution in [0.25, 0.3) is 11.0 Å². The van der Waals surface area contributed by atoms with Crippen molar-refractivity contribution in [2.45, 2.75) is 31.6 Å². The first-order chi connectivity index (χ1) is 14.6. The molecular weight excluding hydrogens is 456 g/mol. The predicted octanol–water partition coefficient (Wildman–Crippen LogP) is 4.21. The fourth-order valence-electron chi connectivity index (χ4n) is 3.99. The summed E-state index contributed by atoms with van der Waals surface area (Å²) in [5, 5.41) is 3.33. The fraction of sp³-hybridized carbons (Fsp3) is 0.421. The van der Waals surface area contributed by atoms with E-state index in [1.54, 1.807) is 25.2 Å². The molecule has 1 fully saturated rings. The Morgan fingerprint density at radius 2 is 2.03 bits per heavy atom. The van der Waals surface area contributed by atoms with Crippen molar-refractivity contribution in [3.05, 3.63) is 45.2 Å². The third-order valence-electron chi connectivity index (χ3n) is 5.40. The number of aromatic nitrogens is 4. The number of nitrogens with one attached hydrogen (secondary N) is 1. The summed E-state index contributed by atoms with van der Waals surface area (Å²) in [5.41, 5.74) is 1.59. The lowest BCUT2D eigenvalue weighted by atomic mass is 10.2. The van der Waals surface area contributed by atoms with E-state index < -0.39 is 12.7 Å². The molecule has 0 spiro atoms. The van der Waals surface area contributed by atoms with Gasteiger partial charge in [-0.2, -0.15) is 18.2 Å². The van der Waals surface area contributed by atoms with Gasteiger partial charge in [-0.3, -0.25) is 14.0 Å². The molecule has 4 rings (SSSR count). The van der Waals surface area contributed by atoms with Crippen molar-refractivity contribution in [3.8, 4) is 0 Å². The number of imidazole rings is 1. The van der Waals surface area contributed by atoms with Crippen molar-refractivity contribution in [1.82, 2.24) is 24.0 Å². The maximum Gasteiger partial charge on any atom is 0.401 e. The van der Waals surface area contributed by atoms with Crippen LogP contribution in [0.5, 0.6) is 0 Å².